The van der Waals surface area contributed by atoms with Gasteiger partial charge in [-0.25, -0.2) is 0 Å². The van der Waals surface area contributed by atoms with E-state index in [4.69, 9.17) is 10.00 Å². The number of pyridine rings is 1. The summed E-state index contributed by atoms with van der Waals surface area (Å²) in [5.74, 6) is -0.345. The Morgan fingerprint density at radius 1 is 1.27 bits per heavy atom. The zero-order valence-corrected chi connectivity index (χ0v) is 11.4. The van der Waals surface area contributed by atoms with Crippen molar-refractivity contribution in [3.63, 3.8) is 0 Å². The molecule has 0 radical (unpaired) electrons. The molecular weight excluding hydrogens is 282 g/mol. The summed E-state index contributed by atoms with van der Waals surface area (Å²) in [5.41, 5.74) is 1.65. The standard InChI is InChI=1S/C15H11N5O2/c16-9-11-4-3-5-12(8-11)17-14(21)10-22-15-19-18-13-6-1-2-7-20(13)15/h1-8H,10H2,(H,17,21). The van der Waals surface area contributed by atoms with E-state index < -0.39 is 0 Å². The first kappa shape index (κ1) is 13.6. The minimum absolute atomic E-state index is 0.202. The largest absolute Gasteiger partial charge is 0.453 e. The fourth-order valence-electron chi connectivity index (χ4n) is 1.91. The van der Waals surface area contributed by atoms with E-state index >= 15 is 0 Å². The summed E-state index contributed by atoms with van der Waals surface area (Å²) in [7, 11) is 0. The maximum atomic E-state index is 11.9. The average Bonchev–Trinajstić information content (AvgIpc) is 2.96. The molecule has 0 unspecified atom stereocenters. The summed E-state index contributed by atoms with van der Waals surface area (Å²) < 4.78 is 7.00. The van der Waals surface area contributed by atoms with E-state index in [2.05, 4.69) is 15.5 Å². The van der Waals surface area contributed by atoms with Gasteiger partial charge in [0.15, 0.2) is 12.3 Å². The second kappa shape index (κ2) is 5.93. The number of aromatic nitrogens is 3. The molecular formula is C15H11N5O2. The third-order valence-electron chi connectivity index (χ3n) is 2.89. The molecule has 0 spiro atoms. The molecule has 1 amide bonds. The number of nitrogens with one attached hydrogen (secondary N) is 1. The number of benzene rings is 1. The molecule has 0 atom stereocenters. The Kier molecular flexibility index (Phi) is 3.66. The Morgan fingerprint density at radius 2 is 2.18 bits per heavy atom. The number of anilines is 1. The zero-order chi connectivity index (χ0) is 15.4. The highest BCUT2D eigenvalue weighted by Crippen LogP contribution is 2.11. The Morgan fingerprint density at radius 3 is 3.05 bits per heavy atom. The van der Waals surface area contributed by atoms with Crippen molar-refractivity contribution in [3.05, 3.63) is 54.2 Å². The van der Waals surface area contributed by atoms with E-state index in [1.807, 2.05) is 18.2 Å². The van der Waals surface area contributed by atoms with Gasteiger partial charge in [-0.1, -0.05) is 17.2 Å². The van der Waals surface area contributed by atoms with Gasteiger partial charge in [-0.2, -0.15) is 5.26 Å². The molecule has 2 heterocycles. The Labute approximate surface area is 125 Å². The van der Waals surface area contributed by atoms with E-state index in [0.29, 0.717) is 16.9 Å². The third-order valence-corrected chi connectivity index (χ3v) is 2.89. The van der Waals surface area contributed by atoms with Crippen LogP contribution in [-0.4, -0.2) is 27.1 Å². The van der Waals surface area contributed by atoms with Crippen molar-refractivity contribution >= 4 is 17.2 Å². The van der Waals surface area contributed by atoms with Crippen molar-refractivity contribution < 1.29 is 9.53 Å². The lowest BCUT2D eigenvalue weighted by Gasteiger charge is -2.06. The van der Waals surface area contributed by atoms with Crippen molar-refractivity contribution in [2.45, 2.75) is 0 Å². The molecule has 0 fully saturated rings. The molecule has 7 heteroatoms. The summed E-state index contributed by atoms with van der Waals surface area (Å²) >= 11 is 0. The Bertz CT molecular complexity index is 865. The average molecular weight is 293 g/mol. The molecule has 0 saturated heterocycles. The smallest absolute Gasteiger partial charge is 0.322 e. The molecule has 0 saturated carbocycles. The molecule has 1 aromatic carbocycles. The minimum atomic E-state index is -0.345. The summed E-state index contributed by atoms with van der Waals surface area (Å²) in [6.45, 7) is -0.202. The van der Waals surface area contributed by atoms with Crippen molar-refractivity contribution in [3.8, 4) is 12.1 Å². The lowest BCUT2D eigenvalue weighted by atomic mass is 10.2. The SMILES string of the molecule is N#Cc1cccc(NC(=O)COc2nnc3ccccn23)c1. The Balaban J connectivity index is 1.64. The van der Waals surface area contributed by atoms with Crippen LogP contribution in [-0.2, 0) is 4.79 Å². The van der Waals surface area contributed by atoms with Gasteiger partial charge in [0, 0.05) is 11.9 Å². The van der Waals surface area contributed by atoms with Crippen LogP contribution < -0.4 is 10.1 Å². The fraction of sp³-hybridized carbons (Fsp3) is 0.0667. The van der Waals surface area contributed by atoms with Gasteiger partial charge < -0.3 is 10.1 Å². The summed E-state index contributed by atoms with van der Waals surface area (Å²) in [6, 6.07) is 14.3. The highest BCUT2D eigenvalue weighted by Gasteiger charge is 2.09. The van der Waals surface area contributed by atoms with Crippen molar-refractivity contribution in [1.29, 1.82) is 5.26 Å². The Hall–Kier alpha value is -3.40. The van der Waals surface area contributed by atoms with Crippen molar-refractivity contribution in [2.75, 3.05) is 11.9 Å². The number of nitrogens with zero attached hydrogens (tertiary/aromatic N) is 4. The van der Waals surface area contributed by atoms with Crippen LogP contribution in [0.25, 0.3) is 5.65 Å². The van der Waals surface area contributed by atoms with Crippen LogP contribution in [0.4, 0.5) is 5.69 Å². The van der Waals surface area contributed by atoms with Gasteiger partial charge in [0.2, 0.25) is 0 Å². The maximum Gasteiger partial charge on any atom is 0.322 e. The topological polar surface area (TPSA) is 92.3 Å². The molecule has 0 aliphatic heterocycles. The lowest BCUT2D eigenvalue weighted by molar-refractivity contribution is -0.118. The van der Waals surface area contributed by atoms with Crippen LogP contribution >= 0.6 is 0 Å². The minimum Gasteiger partial charge on any atom is -0.453 e. The summed E-state index contributed by atoms with van der Waals surface area (Å²) in [4.78, 5) is 11.9. The highest BCUT2D eigenvalue weighted by atomic mass is 16.5. The maximum absolute atomic E-state index is 11.9. The van der Waals surface area contributed by atoms with Gasteiger partial charge in [0.25, 0.3) is 5.91 Å². The molecule has 7 nitrogen and oxygen atoms in total. The van der Waals surface area contributed by atoms with E-state index in [1.54, 1.807) is 40.9 Å². The van der Waals surface area contributed by atoms with Crippen LogP contribution in [0.3, 0.4) is 0 Å². The third kappa shape index (κ3) is 2.86. The molecule has 0 aliphatic carbocycles. The molecule has 3 aromatic rings. The fourth-order valence-corrected chi connectivity index (χ4v) is 1.91. The van der Waals surface area contributed by atoms with Crippen molar-refractivity contribution in [2.24, 2.45) is 0 Å². The predicted molar refractivity (Wildman–Crippen MR) is 78.3 cm³/mol. The number of nitriles is 1. The lowest BCUT2D eigenvalue weighted by Crippen LogP contribution is -2.20. The summed E-state index contributed by atoms with van der Waals surface area (Å²) in [5, 5.41) is 19.3. The van der Waals surface area contributed by atoms with Gasteiger partial charge in [0.05, 0.1) is 11.6 Å². The molecule has 1 N–H and O–H groups in total. The monoisotopic (exact) mass is 293 g/mol. The highest BCUT2D eigenvalue weighted by molar-refractivity contribution is 5.92. The molecule has 0 bridgehead atoms. The number of amides is 1. The molecule has 0 aliphatic rings. The summed E-state index contributed by atoms with van der Waals surface area (Å²) in [6.07, 6.45) is 1.75. The first-order valence-corrected chi connectivity index (χ1v) is 6.49. The van der Waals surface area contributed by atoms with Gasteiger partial charge in [-0.15, -0.1) is 5.10 Å². The van der Waals surface area contributed by atoms with Crippen LogP contribution in [0.1, 0.15) is 5.56 Å². The van der Waals surface area contributed by atoms with E-state index in [0.717, 1.165) is 0 Å². The number of fused-ring (bicyclic) bond motifs is 1. The van der Waals surface area contributed by atoms with Crippen LogP contribution in [0, 0.1) is 11.3 Å². The number of hydrogen-bond donors (Lipinski definition) is 1. The predicted octanol–water partition coefficient (Wildman–Crippen LogP) is 1.62. The van der Waals surface area contributed by atoms with E-state index in [-0.39, 0.29) is 18.5 Å². The van der Waals surface area contributed by atoms with Gasteiger partial charge in [0.1, 0.15) is 0 Å². The number of hydrogen-bond acceptors (Lipinski definition) is 5. The zero-order valence-electron chi connectivity index (χ0n) is 11.4. The second-order valence-electron chi connectivity index (χ2n) is 4.44. The van der Waals surface area contributed by atoms with Gasteiger partial charge in [-0.3, -0.25) is 9.20 Å². The number of carbonyl (C=O) groups excluding carboxylic acids is 1. The molecule has 22 heavy (non-hydrogen) atoms. The van der Waals surface area contributed by atoms with Crippen molar-refractivity contribution in [1.82, 2.24) is 14.6 Å². The second-order valence-corrected chi connectivity index (χ2v) is 4.44. The molecule has 2 aromatic heterocycles. The van der Waals surface area contributed by atoms with Crippen LogP contribution in [0.5, 0.6) is 6.01 Å². The molecule has 108 valence electrons. The van der Waals surface area contributed by atoms with Gasteiger partial charge >= 0.3 is 6.01 Å². The van der Waals surface area contributed by atoms with E-state index in [1.165, 1.54) is 0 Å². The number of carbonyl (C=O) groups is 1. The number of rotatable bonds is 4. The van der Waals surface area contributed by atoms with Crippen LogP contribution in [0.2, 0.25) is 0 Å². The van der Waals surface area contributed by atoms with Crippen LogP contribution in [0.15, 0.2) is 48.7 Å². The first-order valence-electron chi connectivity index (χ1n) is 6.49. The number of ether oxygens (including phenoxy) is 1. The normalized spacial score (nSPS) is 10.1. The first-order chi connectivity index (χ1) is 10.8. The van der Waals surface area contributed by atoms with Gasteiger partial charge in [-0.05, 0) is 30.3 Å². The van der Waals surface area contributed by atoms with E-state index in [9.17, 15) is 4.79 Å². The quantitative estimate of drug-likeness (QED) is 0.789. The molecule has 3 rings (SSSR count).